The van der Waals surface area contributed by atoms with Crippen molar-refractivity contribution < 1.29 is 0 Å². The Morgan fingerprint density at radius 3 is 2.25 bits per heavy atom. The third kappa shape index (κ3) is 4.30. The van der Waals surface area contributed by atoms with Gasteiger partial charge in [0.2, 0.25) is 0 Å². The van der Waals surface area contributed by atoms with Crippen LogP contribution in [0.1, 0.15) is 46.5 Å². The topological polar surface area (TPSA) is 6.48 Å². The second kappa shape index (κ2) is 7.92. The lowest BCUT2D eigenvalue weighted by Gasteiger charge is -2.51. The van der Waals surface area contributed by atoms with Crippen LogP contribution in [0.15, 0.2) is 0 Å². The zero-order chi connectivity index (χ0) is 15.3. The third-order valence-electron chi connectivity index (χ3n) is 4.24. The van der Waals surface area contributed by atoms with Gasteiger partial charge in [-0.1, -0.05) is 45.2 Å². The van der Waals surface area contributed by atoms with Gasteiger partial charge in [0.15, 0.2) is 0 Å². The minimum atomic E-state index is 0.0733. The summed E-state index contributed by atoms with van der Waals surface area (Å²) in [5.74, 6) is 0.654. The van der Waals surface area contributed by atoms with E-state index in [1.54, 1.807) is 0 Å². The van der Waals surface area contributed by atoms with E-state index < -0.39 is 0 Å². The van der Waals surface area contributed by atoms with Crippen molar-refractivity contribution in [3.63, 3.8) is 0 Å². The molecule has 0 N–H and O–H groups in total. The smallest absolute Gasteiger partial charge is 0.0622 e. The minimum Gasteiger partial charge on any atom is -0.306 e. The minimum absolute atomic E-state index is 0.0733. The molecule has 4 heteroatoms. The van der Waals surface area contributed by atoms with E-state index in [1.807, 2.05) is 0 Å². The molecule has 2 nitrogen and oxygen atoms in total. The van der Waals surface area contributed by atoms with Crippen molar-refractivity contribution in [1.29, 1.82) is 0 Å². The number of hydrogen-bond donors (Lipinski definition) is 0. The van der Waals surface area contributed by atoms with Gasteiger partial charge in [0, 0.05) is 16.1 Å². The normalized spacial score (nSPS) is 23.0. The summed E-state index contributed by atoms with van der Waals surface area (Å²) in [6.45, 7) is 10.2. The average Bonchev–Trinajstić information content (AvgIpc) is 2.37. The first kappa shape index (κ1) is 18.1. The highest BCUT2D eigenvalue weighted by Crippen LogP contribution is 2.38. The lowest BCUT2D eigenvalue weighted by atomic mass is 9.70. The molecule has 1 saturated carbocycles. The number of rotatable bonds is 9. The van der Waals surface area contributed by atoms with Gasteiger partial charge in [0.25, 0.3) is 0 Å². The Morgan fingerprint density at radius 2 is 1.80 bits per heavy atom. The van der Waals surface area contributed by atoms with Gasteiger partial charge in [-0.05, 0) is 58.9 Å². The molecule has 0 heterocycles. The van der Waals surface area contributed by atoms with Crippen LogP contribution in [0.2, 0.25) is 0 Å². The van der Waals surface area contributed by atoms with E-state index in [4.69, 9.17) is 24.4 Å². The monoisotopic (exact) mass is 314 g/mol. The molecule has 1 aliphatic carbocycles. The van der Waals surface area contributed by atoms with Crippen molar-refractivity contribution in [1.82, 2.24) is 9.80 Å². The quantitative estimate of drug-likeness (QED) is 0.600. The van der Waals surface area contributed by atoms with E-state index >= 15 is 0 Å². The van der Waals surface area contributed by atoms with E-state index in [-0.39, 0.29) is 5.54 Å². The summed E-state index contributed by atoms with van der Waals surface area (Å²) in [6, 6.07) is 0. The first-order valence-corrected chi connectivity index (χ1v) is 8.62. The zero-order valence-corrected chi connectivity index (χ0v) is 15.4. The van der Waals surface area contributed by atoms with Crippen molar-refractivity contribution >= 4 is 34.2 Å². The molecular formula is C16H30N2S2. The lowest BCUT2D eigenvalue weighted by molar-refractivity contribution is 0.151. The summed E-state index contributed by atoms with van der Waals surface area (Å²) in [7, 11) is 4.42. The van der Waals surface area contributed by atoms with E-state index in [1.165, 1.54) is 19.4 Å². The second-order valence-corrected chi connectivity index (χ2v) is 7.54. The molecule has 116 valence electrons. The highest BCUT2D eigenvalue weighted by molar-refractivity contribution is 7.90. The summed E-state index contributed by atoms with van der Waals surface area (Å²) in [5, 5.41) is 0. The Morgan fingerprint density at radius 1 is 1.15 bits per heavy atom. The van der Waals surface area contributed by atoms with Crippen molar-refractivity contribution in [3.8, 4) is 0 Å². The van der Waals surface area contributed by atoms with Crippen LogP contribution in [-0.4, -0.2) is 58.8 Å². The highest BCUT2D eigenvalue weighted by Gasteiger charge is 2.49. The van der Waals surface area contributed by atoms with E-state index in [2.05, 4.69) is 44.7 Å². The molecule has 0 saturated heterocycles. The largest absolute Gasteiger partial charge is 0.306 e. The van der Waals surface area contributed by atoms with Crippen LogP contribution < -0.4 is 0 Å². The molecular weight excluding hydrogens is 284 g/mol. The van der Waals surface area contributed by atoms with Crippen LogP contribution in [0.5, 0.6) is 0 Å². The van der Waals surface area contributed by atoms with Crippen molar-refractivity contribution in [3.05, 3.63) is 0 Å². The molecule has 1 fully saturated rings. The average molecular weight is 315 g/mol. The summed E-state index contributed by atoms with van der Waals surface area (Å²) in [4.78, 5) is 6.92. The van der Waals surface area contributed by atoms with Crippen LogP contribution >= 0.6 is 24.4 Å². The molecule has 1 unspecified atom stereocenters. The van der Waals surface area contributed by atoms with Gasteiger partial charge in [-0.15, -0.1) is 0 Å². The second-order valence-electron chi connectivity index (χ2n) is 6.64. The Bertz CT molecular complexity index is 354. The maximum Gasteiger partial charge on any atom is 0.0622 e. The summed E-state index contributed by atoms with van der Waals surface area (Å²) >= 11 is 10.9. The fraction of sp³-hybridized carbons (Fsp3) is 0.875. The van der Waals surface area contributed by atoms with Gasteiger partial charge in [0.1, 0.15) is 0 Å². The maximum absolute atomic E-state index is 5.58. The molecule has 0 bridgehead atoms. The van der Waals surface area contributed by atoms with Crippen molar-refractivity contribution in [2.24, 2.45) is 5.92 Å². The van der Waals surface area contributed by atoms with Crippen LogP contribution in [0.25, 0.3) is 0 Å². The van der Waals surface area contributed by atoms with Crippen molar-refractivity contribution in [2.45, 2.75) is 52.0 Å². The Balaban J connectivity index is 2.51. The highest BCUT2D eigenvalue weighted by atomic mass is 32.1. The van der Waals surface area contributed by atoms with Crippen molar-refractivity contribution in [2.75, 3.05) is 33.7 Å². The van der Waals surface area contributed by atoms with Crippen LogP contribution in [-0.2, 0) is 0 Å². The number of nitrogens with zero attached hydrogens (tertiary/aromatic N) is 2. The summed E-state index contributed by atoms with van der Waals surface area (Å²) in [6.07, 6.45) is 4.54. The first-order valence-electron chi connectivity index (χ1n) is 7.81. The molecule has 0 aromatic carbocycles. The fourth-order valence-electron chi connectivity index (χ4n) is 3.17. The van der Waals surface area contributed by atoms with Gasteiger partial charge >= 0.3 is 0 Å². The zero-order valence-electron chi connectivity index (χ0n) is 13.7. The van der Waals surface area contributed by atoms with Crippen LogP contribution in [0.3, 0.4) is 0 Å². The molecule has 0 aliphatic heterocycles. The molecule has 0 amide bonds. The number of thiocarbonyl (C=S) groups is 2. The van der Waals surface area contributed by atoms with Crippen LogP contribution in [0.4, 0.5) is 0 Å². The van der Waals surface area contributed by atoms with E-state index in [0.717, 1.165) is 35.7 Å². The molecule has 20 heavy (non-hydrogen) atoms. The standard InChI is InChI=1S/C16H30N2S2/c1-6-8-17(4)9-7-10-18(5)16(11-13(2)3)12-14(19)15(16)20/h13H,6-12H2,1-5H3. The predicted octanol–water partition coefficient (Wildman–Crippen LogP) is 3.58. The maximum atomic E-state index is 5.58. The first-order chi connectivity index (χ1) is 9.33. The third-order valence-corrected chi connectivity index (χ3v) is 5.35. The van der Waals surface area contributed by atoms with Gasteiger partial charge in [-0.2, -0.15) is 0 Å². The molecule has 0 aromatic rings. The molecule has 1 rings (SSSR count). The number of hydrogen-bond acceptors (Lipinski definition) is 4. The van der Waals surface area contributed by atoms with Gasteiger partial charge in [-0.25, -0.2) is 0 Å². The van der Waals surface area contributed by atoms with E-state index in [9.17, 15) is 0 Å². The fourth-order valence-corrected chi connectivity index (χ4v) is 3.98. The Labute approximate surface area is 135 Å². The molecule has 0 radical (unpaired) electrons. The van der Waals surface area contributed by atoms with Gasteiger partial charge < -0.3 is 4.90 Å². The molecule has 0 spiro atoms. The summed E-state index contributed by atoms with van der Waals surface area (Å²) < 4.78 is 0. The van der Waals surface area contributed by atoms with Gasteiger partial charge in [0.05, 0.1) is 5.54 Å². The summed E-state index contributed by atoms with van der Waals surface area (Å²) in [5.41, 5.74) is 0.0733. The SMILES string of the molecule is CCCN(C)CCCN(C)C1(CC(C)C)CC(=S)C1=S. The van der Waals surface area contributed by atoms with E-state index in [0.29, 0.717) is 5.92 Å². The molecule has 0 aromatic heterocycles. The van der Waals surface area contributed by atoms with Gasteiger partial charge in [-0.3, -0.25) is 4.90 Å². The molecule has 1 aliphatic rings. The van der Waals surface area contributed by atoms with Crippen LogP contribution in [0, 0.1) is 5.92 Å². The molecule has 1 atom stereocenters. The predicted molar refractivity (Wildman–Crippen MR) is 97.0 cm³/mol. The Hall–Kier alpha value is 0.100. The lowest BCUT2D eigenvalue weighted by Crippen LogP contribution is -2.64. The Kier molecular flexibility index (Phi) is 7.19.